The van der Waals surface area contributed by atoms with Crippen LogP contribution in [0.15, 0.2) is 36.5 Å². The van der Waals surface area contributed by atoms with Crippen molar-refractivity contribution in [1.29, 1.82) is 0 Å². The van der Waals surface area contributed by atoms with E-state index in [4.69, 9.17) is 4.74 Å². The summed E-state index contributed by atoms with van der Waals surface area (Å²) in [7, 11) is 0. The number of fused-ring (bicyclic) bond motifs is 2. The standard InChI is InChI=1S/C20H23N3O3/c1-13(2)8-10-21-18(24)12-23-16-11-14(3)6-7-17(16)26-19-15(20(23)25)5-4-9-22-19/h4-7,9,11,13H,8,10,12H2,1-3H3,(H,21,24). The van der Waals surface area contributed by atoms with Crippen molar-refractivity contribution in [2.45, 2.75) is 27.2 Å². The summed E-state index contributed by atoms with van der Waals surface area (Å²) in [6.45, 7) is 6.66. The van der Waals surface area contributed by atoms with Gasteiger partial charge in [0.2, 0.25) is 11.8 Å². The van der Waals surface area contributed by atoms with Crippen LogP contribution in [0.3, 0.4) is 0 Å². The third-order valence-corrected chi connectivity index (χ3v) is 4.20. The molecule has 0 unspecified atom stereocenters. The summed E-state index contributed by atoms with van der Waals surface area (Å²) in [5.41, 5.74) is 1.90. The highest BCUT2D eigenvalue weighted by Crippen LogP contribution is 2.38. The van der Waals surface area contributed by atoms with Crippen LogP contribution < -0.4 is 15.0 Å². The Morgan fingerprint density at radius 2 is 2.12 bits per heavy atom. The van der Waals surface area contributed by atoms with Crippen LogP contribution in [0.5, 0.6) is 11.6 Å². The van der Waals surface area contributed by atoms with Gasteiger partial charge >= 0.3 is 0 Å². The van der Waals surface area contributed by atoms with E-state index in [1.165, 1.54) is 4.90 Å². The van der Waals surface area contributed by atoms with Gasteiger partial charge in [-0.3, -0.25) is 14.5 Å². The number of pyridine rings is 1. The molecular formula is C20H23N3O3. The molecule has 0 saturated heterocycles. The van der Waals surface area contributed by atoms with E-state index in [0.717, 1.165) is 12.0 Å². The highest BCUT2D eigenvalue weighted by Gasteiger charge is 2.30. The zero-order valence-electron chi connectivity index (χ0n) is 15.3. The van der Waals surface area contributed by atoms with Gasteiger partial charge in [0.1, 0.15) is 12.1 Å². The molecule has 0 saturated carbocycles. The molecular weight excluding hydrogens is 330 g/mol. The molecule has 1 aliphatic rings. The van der Waals surface area contributed by atoms with Crippen LogP contribution in [-0.2, 0) is 4.79 Å². The first kappa shape index (κ1) is 17.9. The first-order chi connectivity index (χ1) is 12.5. The molecule has 136 valence electrons. The Hall–Kier alpha value is -2.89. The number of nitrogens with zero attached hydrogens (tertiary/aromatic N) is 2. The minimum Gasteiger partial charge on any atom is -0.436 e. The average molecular weight is 353 g/mol. The van der Waals surface area contributed by atoms with E-state index < -0.39 is 0 Å². The fourth-order valence-corrected chi connectivity index (χ4v) is 2.78. The number of anilines is 1. The number of hydrogen-bond acceptors (Lipinski definition) is 4. The number of hydrogen-bond donors (Lipinski definition) is 1. The van der Waals surface area contributed by atoms with Gasteiger partial charge in [0.25, 0.3) is 5.91 Å². The molecule has 2 amide bonds. The molecule has 0 spiro atoms. The first-order valence-corrected chi connectivity index (χ1v) is 8.78. The van der Waals surface area contributed by atoms with E-state index in [0.29, 0.717) is 29.5 Å². The highest BCUT2D eigenvalue weighted by atomic mass is 16.5. The predicted molar refractivity (Wildman–Crippen MR) is 99.6 cm³/mol. The second kappa shape index (κ2) is 7.56. The van der Waals surface area contributed by atoms with Crippen LogP contribution in [0.2, 0.25) is 0 Å². The van der Waals surface area contributed by atoms with Gasteiger partial charge in [-0.1, -0.05) is 19.9 Å². The van der Waals surface area contributed by atoms with Gasteiger partial charge in [-0.2, -0.15) is 0 Å². The molecule has 0 aliphatic carbocycles. The Morgan fingerprint density at radius 3 is 2.88 bits per heavy atom. The summed E-state index contributed by atoms with van der Waals surface area (Å²) in [5, 5.41) is 2.88. The number of carbonyl (C=O) groups excluding carboxylic acids is 2. The molecule has 0 bridgehead atoms. The van der Waals surface area contributed by atoms with Crippen LogP contribution in [0, 0.1) is 12.8 Å². The molecule has 1 aromatic carbocycles. The number of aryl methyl sites for hydroxylation is 1. The zero-order valence-corrected chi connectivity index (χ0v) is 15.3. The lowest BCUT2D eigenvalue weighted by atomic mass is 10.1. The van der Waals surface area contributed by atoms with Crippen LogP contribution >= 0.6 is 0 Å². The number of benzene rings is 1. The van der Waals surface area contributed by atoms with Crippen LogP contribution in [-0.4, -0.2) is 29.9 Å². The van der Waals surface area contributed by atoms with Crippen molar-refractivity contribution in [2.24, 2.45) is 5.92 Å². The summed E-state index contributed by atoms with van der Waals surface area (Å²) in [6.07, 6.45) is 2.47. The topological polar surface area (TPSA) is 71.5 Å². The van der Waals surface area contributed by atoms with Gasteiger partial charge in [-0.15, -0.1) is 0 Å². The number of carbonyl (C=O) groups is 2. The van der Waals surface area contributed by atoms with Crippen molar-refractivity contribution in [3.8, 4) is 11.6 Å². The van der Waals surface area contributed by atoms with E-state index in [9.17, 15) is 9.59 Å². The zero-order chi connectivity index (χ0) is 18.7. The van der Waals surface area contributed by atoms with Crippen LogP contribution in [0.25, 0.3) is 0 Å². The molecule has 1 aliphatic heterocycles. The maximum absolute atomic E-state index is 13.1. The van der Waals surface area contributed by atoms with Gasteiger partial charge in [0.05, 0.1) is 5.69 Å². The lowest BCUT2D eigenvalue weighted by Crippen LogP contribution is -2.41. The minimum absolute atomic E-state index is 0.0644. The molecule has 0 radical (unpaired) electrons. The van der Waals surface area contributed by atoms with E-state index in [-0.39, 0.29) is 24.2 Å². The molecule has 0 fully saturated rings. The number of ether oxygens (including phenoxy) is 1. The van der Waals surface area contributed by atoms with Crippen molar-refractivity contribution >= 4 is 17.5 Å². The first-order valence-electron chi connectivity index (χ1n) is 8.78. The van der Waals surface area contributed by atoms with Crippen molar-refractivity contribution in [3.05, 3.63) is 47.7 Å². The van der Waals surface area contributed by atoms with Gasteiger partial charge in [-0.05, 0) is 49.1 Å². The monoisotopic (exact) mass is 353 g/mol. The Balaban J connectivity index is 1.91. The Kier molecular flexibility index (Phi) is 5.21. The maximum Gasteiger partial charge on any atom is 0.264 e. The van der Waals surface area contributed by atoms with Crippen LogP contribution in [0.4, 0.5) is 5.69 Å². The second-order valence-electron chi connectivity index (χ2n) is 6.85. The van der Waals surface area contributed by atoms with E-state index in [1.807, 2.05) is 19.1 Å². The summed E-state index contributed by atoms with van der Waals surface area (Å²) in [6, 6.07) is 8.89. The van der Waals surface area contributed by atoms with Crippen molar-refractivity contribution < 1.29 is 14.3 Å². The van der Waals surface area contributed by atoms with Crippen LogP contribution in [0.1, 0.15) is 36.2 Å². The summed E-state index contributed by atoms with van der Waals surface area (Å²) >= 11 is 0. The third-order valence-electron chi connectivity index (χ3n) is 4.20. The molecule has 1 aromatic heterocycles. The molecule has 26 heavy (non-hydrogen) atoms. The van der Waals surface area contributed by atoms with E-state index in [2.05, 4.69) is 24.1 Å². The van der Waals surface area contributed by atoms with Crippen molar-refractivity contribution in [3.63, 3.8) is 0 Å². The molecule has 3 rings (SSSR count). The third kappa shape index (κ3) is 3.85. The van der Waals surface area contributed by atoms with Gasteiger partial charge in [0, 0.05) is 12.7 Å². The molecule has 6 nitrogen and oxygen atoms in total. The fraction of sp³-hybridized carbons (Fsp3) is 0.350. The number of aromatic nitrogens is 1. The molecule has 0 atom stereocenters. The number of rotatable bonds is 5. The molecule has 6 heteroatoms. The van der Waals surface area contributed by atoms with E-state index in [1.54, 1.807) is 24.4 Å². The SMILES string of the molecule is Cc1ccc2c(c1)N(CC(=O)NCCC(C)C)C(=O)c1cccnc1O2. The van der Waals surface area contributed by atoms with Gasteiger partial charge in [0.15, 0.2) is 5.75 Å². The van der Waals surface area contributed by atoms with Crippen molar-refractivity contribution in [2.75, 3.05) is 18.0 Å². The minimum atomic E-state index is -0.295. The van der Waals surface area contributed by atoms with E-state index >= 15 is 0 Å². The van der Waals surface area contributed by atoms with Gasteiger partial charge in [-0.25, -0.2) is 4.98 Å². The van der Waals surface area contributed by atoms with Crippen molar-refractivity contribution in [1.82, 2.24) is 10.3 Å². The smallest absolute Gasteiger partial charge is 0.264 e. The Morgan fingerprint density at radius 1 is 1.31 bits per heavy atom. The Bertz CT molecular complexity index is 833. The van der Waals surface area contributed by atoms with Gasteiger partial charge < -0.3 is 10.1 Å². The second-order valence-corrected chi connectivity index (χ2v) is 6.85. The highest BCUT2D eigenvalue weighted by molar-refractivity contribution is 6.11. The lowest BCUT2D eigenvalue weighted by Gasteiger charge is -2.22. The number of nitrogens with one attached hydrogen (secondary N) is 1. The molecule has 1 N–H and O–H groups in total. The largest absolute Gasteiger partial charge is 0.436 e. The quantitative estimate of drug-likeness (QED) is 0.895. The Labute approximate surface area is 153 Å². The average Bonchev–Trinajstić information content (AvgIpc) is 2.71. The summed E-state index contributed by atoms with van der Waals surface area (Å²) < 4.78 is 5.85. The molecule has 2 heterocycles. The molecule has 2 aromatic rings. The maximum atomic E-state index is 13.1. The lowest BCUT2D eigenvalue weighted by molar-refractivity contribution is -0.119. The fourth-order valence-electron chi connectivity index (χ4n) is 2.78. The summed E-state index contributed by atoms with van der Waals surface area (Å²) in [5.74, 6) is 0.779. The normalized spacial score (nSPS) is 12.9. The predicted octanol–water partition coefficient (Wildman–Crippen LogP) is 3.30. The number of amides is 2. The summed E-state index contributed by atoms with van der Waals surface area (Å²) in [4.78, 5) is 31.1.